The highest BCUT2D eigenvalue weighted by atomic mass is 15.3. The summed E-state index contributed by atoms with van der Waals surface area (Å²) in [4.78, 5) is 10.6. The Bertz CT molecular complexity index is 509. The summed E-state index contributed by atoms with van der Waals surface area (Å²) >= 11 is 0. The number of rotatable bonds is 4. The van der Waals surface area contributed by atoms with Gasteiger partial charge in [0.25, 0.3) is 0 Å². The van der Waals surface area contributed by atoms with Gasteiger partial charge in [0.05, 0.1) is 24.6 Å². The first kappa shape index (κ1) is 12.3. The van der Waals surface area contributed by atoms with Crippen molar-refractivity contribution in [3.8, 4) is 0 Å². The number of anilines is 2. The maximum atomic E-state index is 5.25. The van der Waals surface area contributed by atoms with Crippen LogP contribution in [0.4, 0.5) is 11.5 Å². The van der Waals surface area contributed by atoms with Gasteiger partial charge >= 0.3 is 0 Å². The molecule has 0 aliphatic rings. The minimum Gasteiger partial charge on any atom is -0.368 e. The molecule has 2 rings (SSSR count). The van der Waals surface area contributed by atoms with Gasteiger partial charge in [-0.15, -0.1) is 0 Å². The molecule has 5 nitrogen and oxygen atoms in total. The Hall–Kier alpha value is -2.14. The van der Waals surface area contributed by atoms with Crippen molar-refractivity contribution in [1.29, 1.82) is 0 Å². The fourth-order valence-electron chi connectivity index (χ4n) is 1.83. The number of nitrogens with zero attached hydrogens (tertiary/aromatic N) is 3. The van der Waals surface area contributed by atoms with E-state index in [1.54, 1.807) is 12.4 Å². The van der Waals surface area contributed by atoms with Gasteiger partial charge in [-0.25, -0.2) is 10.8 Å². The van der Waals surface area contributed by atoms with Crippen LogP contribution in [-0.2, 0) is 6.54 Å². The smallest absolute Gasteiger partial charge is 0.158 e. The molecular formula is C13H17N5. The number of nitrogens with one attached hydrogen (secondary N) is 1. The van der Waals surface area contributed by atoms with Crippen molar-refractivity contribution in [2.75, 3.05) is 17.4 Å². The lowest BCUT2D eigenvalue weighted by molar-refractivity contribution is 0.869. The Morgan fingerprint density at radius 3 is 2.61 bits per heavy atom. The molecule has 0 amide bonds. The fourth-order valence-corrected chi connectivity index (χ4v) is 1.83. The Morgan fingerprint density at radius 1 is 1.22 bits per heavy atom. The van der Waals surface area contributed by atoms with Crippen molar-refractivity contribution in [3.05, 3.63) is 47.9 Å². The topological polar surface area (TPSA) is 67.1 Å². The van der Waals surface area contributed by atoms with Crippen LogP contribution in [0.5, 0.6) is 0 Å². The van der Waals surface area contributed by atoms with Gasteiger partial charge in [0, 0.05) is 12.7 Å². The molecule has 18 heavy (non-hydrogen) atoms. The summed E-state index contributed by atoms with van der Waals surface area (Å²) in [7, 11) is 2.04. The molecule has 0 spiro atoms. The van der Waals surface area contributed by atoms with Crippen LogP contribution in [-0.4, -0.2) is 17.0 Å². The van der Waals surface area contributed by atoms with Gasteiger partial charge in [0.15, 0.2) is 5.82 Å². The average molecular weight is 243 g/mol. The second-order valence-corrected chi connectivity index (χ2v) is 4.18. The minimum atomic E-state index is 0.567. The third-order valence-electron chi connectivity index (χ3n) is 2.78. The summed E-state index contributed by atoms with van der Waals surface area (Å²) in [5.74, 6) is 5.82. The minimum absolute atomic E-state index is 0.567. The van der Waals surface area contributed by atoms with Crippen molar-refractivity contribution < 1.29 is 0 Å². The molecule has 0 saturated carbocycles. The SMILES string of the molecule is Cc1ccccc1N(C)Cc1cnc(NN)cn1. The molecule has 0 fully saturated rings. The zero-order chi connectivity index (χ0) is 13.0. The molecule has 0 radical (unpaired) electrons. The van der Waals surface area contributed by atoms with Gasteiger partial charge in [0.2, 0.25) is 0 Å². The van der Waals surface area contributed by atoms with Crippen LogP contribution in [0.3, 0.4) is 0 Å². The van der Waals surface area contributed by atoms with E-state index in [-0.39, 0.29) is 0 Å². The van der Waals surface area contributed by atoms with E-state index in [1.165, 1.54) is 11.3 Å². The van der Waals surface area contributed by atoms with E-state index in [0.29, 0.717) is 12.4 Å². The van der Waals surface area contributed by atoms with Crippen LogP contribution in [0.25, 0.3) is 0 Å². The zero-order valence-electron chi connectivity index (χ0n) is 10.6. The van der Waals surface area contributed by atoms with Crippen LogP contribution >= 0.6 is 0 Å². The van der Waals surface area contributed by atoms with Gasteiger partial charge in [-0.2, -0.15) is 0 Å². The number of aromatic nitrogens is 2. The molecule has 0 aliphatic carbocycles. The quantitative estimate of drug-likeness (QED) is 0.632. The van der Waals surface area contributed by atoms with Crippen molar-refractivity contribution in [2.45, 2.75) is 13.5 Å². The lowest BCUT2D eigenvalue weighted by Gasteiger charge is -2.20. The van der Waals surface area contributed by atoms with Gasteiger partial charge in [-0.3, -0.25) is 4.98 Å². The van der Waals surface area contributed by atoms with Crippen molar-refractivity contribution in [3.63, 3.8) is 0 Å². The Morgan fingerprint density at radius 2 is 2.00 bits per heavy atom. The molecule has 1 aromatic heterocycles. The number of nitrogens with two attached hydrogens (primary N) is 1. The highest BCUT2D eigenvalue weighted by Gasteiger charge is 2.05. The molecule has 0 aliphatic heterocycles. The number of para-hydroxylation sites is 1. The number of hydrazine groups is 1. The Balaban J connectivity index is 2.11. The highest BCUT2D eigenvalue weighted by Crippen LogP contribution is 2.19. The van der Waals surface area contributed by atoms with Crippen LogP contribution < -0.4 is 16.2 Å². The van der Waals surface area contributed by atoms with Crippen molar-refractivity contribution >= 4 is 11.5 Å². The van der Waals surface area contributed by atoms with Gasteiger partial charge in [-0.1, -0.05) is 18.2 Å². The largest absolute Gasteiger partial charge is 0.368 e. The second-order valence-electron chi connectivity index (χ2n) is 4.18. The van der Waals surface area contributed by atoms with Crippen LogP contribution in [0, 0.1) is 6.92 Å². The maximum Gasteiger partial charge on any atom is 0.158 e. The number of benzene rings is 1. The van der Waals surface area contributed by atoms with Gasteiger partial charge in [0.1, 0.15) is 0 Å². The predicted octanol–water partition coefficient (Wildman–Crippen LogP) is 1.71. The van der Waals surface area contributed by atoms with E-state index in [0.717, 1.165) is 5.69 Å². The molecule has 94 valence electrons. The third kappa shape index (κ3) is 2.75. The van der Waals surface area contributed by atoms with E-state index in [4.69, 9.17) is 5.84 Å². The molecule has 3 N–H and O–H groups in total. The third-order valence-corrected chi connectivity index (χ3v) is 2.78. The average Bonchev–Trinajstić information content (AvgIpc) is 2.40. The molecule has 0 bridgehead atoms. The first-order valence-corrected chi connectivity index (χ1v) is 5.75. The zero-order valence-corrected chi connectivity index (χ0v) is 10.6. The fraction of sp³-hybridized carbons (Fsp3) is 0.231. The lowest BCUT2D eigenvalue weighted by atomic mass is 10.2. The Labute approximate surface area is 107 Å². The summed E-state index contributed by atoms with van der Waals surface area (Å²) in [5.41, 5.74) is 5.80. The van der Waals surface area contributed by atoms with E-state index < -0.39 is 0 Å². The van der Waals surface area contributed by atoms with Crippen molar-refractivity contribution in [1.82, 2.24) is 9.97 Å². The van der Waals surface area contributed by atoms with Crippen molar-refractivity contribution in [2.24, 2.45) is 5.84 Å². The first-order valence-electron chi connectivity index (χ1n) is 5.75. The van der Waals surface area contributed by atoms with E-state index >= 15 is 0 Å². The molecule has 0 unspecified atom stereocenters. The maximum absolute atomic E-state index is 5.25. The summed E-state index contributed by atoms with van der Waals surface area (Å²) in [6.45, 7) is 2.81. The molecule has 1 heterocycles. The van der Waals surface area contributed by atoms with E-state index in [2.05, 4.69) is 39.4 Å². The first-order chi connectivity index (χ1) is 8.70. The van der Waals surface area contributed by atoms with Gasteiger partial charge < -0.3 is 10.3 Å². The molecule has 2 aromatic rings. The summed E-state index contributed by atoms with van der Waals surface area (Å²) in [6.07, 6.45) is 3.35. The van der Waals surface area contributed by atoms with E-state index in [9.17, 15) is 0 Å². The highest BCUT2D eigenvalue weighted by molar-refractivity contribution is 5.52. The number of nitrogen functional groups attached to an aromatic ring is 1. The Kier molecular flexibility index (Phi) is 3.74. The molecule has 0 atom stereocenters. The normalized spacial score (nSPS) is 10.2. The summed E-state index contributed by atoms with van der Waals surface area (Å²) in [6, 6.07) is 8.26. The van der Waals surface area contributed by atoms with E-state index in [1.807, 2.05) is 19.2 Å². The number of hydrogen-bond donors (Lipinski definition) is 2. The second kappa shape index (κ2) is 5.46. The van der Waals surface area contributed by atoms with Crippen LogP contribution in [0.15, 0.2) is 36.7 Å². The van der Waals surface area contributed by atoms with Gasteiger partial charge in [-0.05, 0) is 18.6 Å². The monoisotopic (exact) mass is 243 g/mol. The molecule has 1 aromatic carbocycles. The van der Waals surface area contributed by atoms with Crippen LogP contribution in [0.2, 0.25) is 0 Å². The summed E-state index contributed by atoms with van der Waals surface area (Å²) in [5, 5.41) is 0. The summed E-state index contributed by atoms with van der Waals surface area (Å²) < 4.78 is 0. The molecule has 5 heteroatoms. The number of hydrogen-bond acceptors (Lipinski definition) is 5. The number of aryl methyl sites for hydroxylation is 1. The van der Waals surface area contributed by atoms with Crippen LogP contribution in [0.1, 0.15) is 11.3 Å². The molecular weight excluding hydrogens is 226 g/mol. The molecule has 0 saturated heterocycles. The standard InChI is InChI=1S/C13H17N5/c1-10-5-3-4-6-12(10)18(2)9-11-7-16-13(17-14)8-15-11/h3-8H,9,14H2,1-2H3,(H,16,17). The lowest BCUT2D eigenvalue weighted by Crippen LogP contribution is -2.18. The predicted molar refractivity (Wildman–Crippen MR) is 73.1 cm³/mol.